The van der Waals surface area contributed by atoms with Crippen LogP contribution >= 0.6 is 11.8 Å². The lowest BCUT2D eigenvalue weighted by molar-refractivity contribution is -0.114. The second kappa shape index (κ2) is 13.3. The molecular formula is C32H29N3O3S. The van der Waals surface area contributed by atoms with E-state index in [0.29, 0.717) is 11.3 Å². The molecule has 0 saturated carbocycles. The van der Waals surface area contributed by atoms with Crippen molar-refractivity contribution in [2.75, 3.05) is 16.4 Å². The average molecular weight is 536 g/mol. The average Bonchev–Trinajstić information content (AvgIpc) is 2.95. The van der Waals surface area contributed by atoms with Crippen molar-refractivity contribution in [3.05, 3.63) is 131 Å². The lowest BCUT2D eigenvalue weighted by Crippen LogP contribution is -2.30. The SMILES string of the molecule is Cc1ccc(C)c(NC(=O)CSc2cccc(NC(=O)/C(=C/c3ccccc3)NC(=O)c3ccccc3)c2)c1. The molecule has 0 bridgehead atoms. The third-order valence-electron chi connectivity index (χ3n) is 5.77. The summed E-state index contributed by atoms with van der Waals surface area (Å²) >= 11 is 1.37. The highest BCUT2D eigenvalue weighted by atomic mass is 32.2. The van der Waals surface area contributed by atoms with Crippen molar-refractivity contribution in [1.82, 2.24) is 5.32 Å². The maximum absolute atomic E-state index is 13.3. The predicted molar refractivity (Wildman–Crippen MR) is 159 cm³/mol. The van der Waals surface area contributed by atoms with Crippen LogP contribution in [0.15, 0.2) is 114 Å². The molecule has 0 aliphatic heterocycles. The van der Waals surface area contributed by atoms with Crippen molar-refractivity contribution in [2.45, 2.75) is 18.7 Å². The fourth-order valence-electron chi connectivity index (χ4n) is 3.73. The molecule has 0 fully saturated rings. The number of aryl methyl sites for hydroxylation is 2. The van der Waals surface area contributed by atoms with E-state index in [4.69, 9.17) is 0 Å². The van der Waals surface area contributed by atoms with Crippen LogP contribution in [0.3, 0.4) is 0 Å². The lowest BCUT2D eigenvalue weighted by Gasteiger charge is -2.12. The highest BCUT2D eigenvalue weighted by Gasteiger charge is 2.15. The second-order valence-electron chi connectivity index (χ2n) is 8.93. The minimum absolute atomic E-state index is 0.111. The van der Waals surface area contributed by atoms with Gasteiger partial charge in [0.2, 0.25) is 5.91 Å². The maximum Gasteiger partial charge on any atom is 0.272 e. The summed E-state index contributed by atoms with van der Waals surface area (Å²) in [4.78, 5) is 39.4. The molecule has 3 amide bonds. The monoisotopic (exact) mass is 535 g/mol. The summed E-state index contributed by atoms with van der Waals surface area (Å²) in [6.07, 6.45) is 1.63. The first kappa shape index (κ1) is 27.4. The van der Waals surface area contributed by atoms with Crippen LogP contribution in [0, 0.1) is 13.8 Å². The van der Waals surface area contributed by atoms with Crippen LogP contribution in [-0.4, -0.2) is 23.5 Å². The summed E-state index contributed by atoms with van der Waals surface area (Å²) in [6.45, 7) is 3.94. The van der Waals surface area contributed by atoms with Gasteiger partial charge < -0.3 is 16.0 Å². The van der Waals surface area contributed by atoms with Crippen LogP contribution in [-0.2, 0) is 9.59 Å². The van der Waals surface area contributed by atoms with E-state index >= 15 is 0 Å². The van der Waals surface area contributed by atoms with Crippen molar-refractivity contribution in [2.24, 2.45) is 0 Å². The summed E-state index contributed by atoms with van der Waals surface area (Å²) < 4.78 is 0. The van der Waals surface area contributed by atoms with Crippen molar-refractivity contribution < 1.29 is 14.4 Å². The molecule has 4 aromatic carbocycles. The molecule has 196 valence electrons. The molecular weight excluding hydrogens is 506 g/mol. The molecule has 0 atom stereocenters. The molecule has 0 unspecified atom stereocenters. The number of hydrogen-bond acceptors (Lipinski definition) is 4. The Kier molecular flexibility index (Phi) is 9.32. The molecule has 0 aliphatic carbocycles. The molecule has 39 heavy (non-hydrogen) atoms. The third kappa shape index (κ3) is 8.18. The number of carbonyl (C=O) groups excluding carboxylic acids is 3. The Balaban J connectivity index is 1.43. The molecule has 0 heterocycles. The Hall–Kier alpha value is -4.62. The van der Waals surface area contributed by atoms with E-state index in [1.165, 1.54) is 11.8 Å². The zero-order valence-electron chi connectivity index (χ0n) is 21.7. The van der Waals surface area contributed by atoms with Gasteiger partial charge in [0.15, 0.2) is 0 Å². The van der Waals surface area contributed by atoms with E-state index in [0.717, 1.165) is 27.3 Å². The van der Waals surface area contributed by atoms with Gasteiger partial charge in [0, 0.05) is 21.8 Å². The summed E-state index contributed by atoms with van der Waals surface area (Å²) in [7, 11) is 0. The quantitative estimate of drug-likeness (QED) is 0.170. The van der Waals surface area contributed by atoms with Gasteiger partial charge in [-0.1, -0.05) is 66.7 Å². The van der Waals surface area contributed by atoms with Gasteiger partial charge in [-0.2, -0.15) is 0 Å². The van der Waals surface area contributed by atoms with Crippen molar-refractivity contribution in [1.29, 1.82) is 0 Å². The van der Waals surface area contributed by atoms with Gasteiger partial charge in [0.05, 0.1) is 5.75 Å². The standard InChI is InChI=1S/C32H29N3O3S/c1-22-16-17-23(2)28(18-22)34-30(36)21-39-27-15-9-14-26(20-27)33-32(38)29(19-24-10-5-3-6-11-24)35-31(37)25-12-7-4-8-13-25/h3-20H,21H2,1-2H3,(H,33,38)(H,34,36)(H,35,37)/b29-19-. The summed E-state index contributed by atoms with van der Waals surface area (Å²) in [5, 5.41) is 8.57. The van der Waals surface area contributed by atoms with Gasteiger partial charge in [-0.3, -0.25) is 14.4 Å². The molecule has 0 aliphatic rings. The number of carbonyl (C=O) groups is 3. The van der Waals surface area contributed by atoms with Gasteiger partial charge in [-0.25, -0.2) is 0 Å². The van der Waals surface area contributed by atoms with E-state index in [9.17, 15) is 14.4 Å². The van der Waals surface area contributed by atoms with E-state index in [-0.39, 0.29) is 23.3 Å². The molecule has 0 saturated heterocycles. The van der Waals surface area contributed by atoms with Crippen molar-refractivity contribution in [3.8, 4) is 0 Å². The van der Waals surface area contributed by atoms with Gasteiger partial charge >= 0.3 is 0 Å². The Morgan fingerprint density at radius 3 is 2.23 bits per heavy atom. The van der Waals surface area contributed by atoms with E-state index < -0.39 is 5.91 Å². The van der Waals surface area contributed by atoms with Gasteiger partial charge in [0.1, 0.15) is 5.70 Å². The van der Waals surface area contributed by atoms with Crippen LogP contribution in [0.1, 0.15) is 27.0 Å². The minimum Gasteiger partial charge on any atom is -0.325 e. The summed E-state index contributed by atoms with van der Waals surface area (Å²) in [5.41, 5.74) is 4.76. The molecule has 0 spiro atoms. The van der Waals surface area contributed by atoms with Gasteiger partial charge in [0.25, 0.3) is 11.8 Å². The topological polar surface area (TPSA) is 87.3 Å². The largest absolute Gasteiger partial charge is 0.325 e. The maximum atomic E-state index is 13.3. The van der Waals surface area contributed by atoms with E-state index in [1.807, 2.05) is 80.6 Å². The zero-order chi connectivity index (χ0) is 27.6. The molecule has 4 aromatic rings. The first-order valence-corrected chi connectivity index (χ1v) is 13.4. The number of benzene rings is 4. The fourth-order valence-corrected chi connectivity index (χ4v) is 4.48. The summed E-state index contributed by atoms with van der Waals surface area (Å²) in [5.74, 6) is -0.734. The van der Waals surface area contributed by atoms with Crippen LogP contribution in [0.25, 0.3) is 6.08 Å². The Labute approximate surface area is 232 Å². The number of anilines is 2. The normalized spacial score (nSPS) is 11.0. The number of thioether (sulfide) groups is 1. The number of hydrogen-bond donors (Lipinski definition) is 3. The highest BCUT2D eigenvalue weighted by molar-refractivity contribution is 8.00. The van der Waals surface area contributed by atoms with E-state index in [1.54, 1.807) is 42.5 Å². The number of amides is 3. The molecule has 0 radical (unpaired) electrons. The molecule has 0 aromatic heterocycles. The Morgan fingerprint density at radius 2 is 1.49 bits per heavy atom. The van der Waals surface area contributed by atoms with Crippen LogP contribution in [0.5, 0.6) is 0 Å². The first-order chi connectivity index (χ1) is 18.9. The Bertz CT molecular complexity index is 1500. The number of rotatable bonds is 9. The van der Waals surface area contributed by atoms with Crippen LogP contribution in [0.4, 0.5) is 11.4 Å². The minimum atomic E-state index is -0.460. The molecule has 7 heteroatoms. The predicted octanol–water partition coefficient (Wildman–Crippen LogP) is 6.44. The lowest BCUT2D eigenvalue weighted by atomic mass is 10.1. The first-order valence-electron chi connectivity index (χ1n) is 12.4. The van der Waals surface area contributed by atoms with Crippen LogP contribution in [0.2, 0.25) is 0 Å². The molecule has 3 N–H and O–H groups in total. The fraction of sp³-hybridized carbons (Fsp3) is 0.0938. The van der Waals surface area contributed by atoms with Crippen LogP contribution < -0.4 is 16.0 Å². The summed E-state index contributed by atoms with van der Waals surface area (Å²) in [6, 6.07) is 31.2. The third-order valence-corrected chi connectivity index (χ3v) is 6.76. The van der Waals surface area contributed by atoms with Crippen molar-refractivity contribution >= 4 is 46.9 Å². The molecule has 4 rings (SSSR count). The van der Waals surface area contributed by atoms with Gasteiger partial charge in [-0.15, -0.1) is 11.8 Å². The smallest absolute Gasteiger partial charge is 0.272 e. The number of nitrogens with one attached hydrogen (secondary N) is 3. The molecule has 6 nitrogen and oxygen atoms in total. The second-order valence-corrected chi connectivity index (χ2v) is 9.97. The Morgan fingerprint density at radius 1 is 0.769 bits per heavy atom. The highest BCUT2D eigenvalue weighted by Crippen LogP contribution is 2.23. The zero-order valence-corrected chi connectivity index (χ0v) is 22.5. The van der Waals surface area contributed by atoms with Gasteiger partial charge in [-0.05, 0) is 73.0 Å². The van der Waals surface area contributed by atoms with Crippen molar-refractivity contribution in [3.63, 3.8) is 0 Å². The van der Waals surface area contributed by atoms with E-state index in [2.05, 4.69) is 16.0 Å².